The predicted molar refractivity (Wildman–Crippen MR) is 24.3 cm³/mol. The molecule has 0 aliphatic rings. The Morgan fingerprint density at radius 1 is 1.00 bits per heavy atom. The van der Waals surface area contributed by atoms with Gasteiger partial charge in [-0.1, -0.05) is 12.1 Å². The van der Waals surface area contributed by atoms with Crippen molar-refractivity contribution in [3.8, 4) is 0 Å². The molecule has 0 N–H and O–H groups in total. The summed E-state index contributed by atoms with van der Waals surface area (Å²) in [5.74, 6) is 0. The minimum atomic E-state index is 0. The van der Waals surface area contributed by atoms with Gasteiger partial charge in [0, 0.05) is 20.4 Å². The monoisotopic (exact) mass is 190 g/mol. The van der Waals surface area contributed by atoms with Crippen molar-refractivity contribution in [1.82, 2.24) is 0 Å². The molecule has 2 heteroatoms. The van der Waals surface area contributed by atoms with Crippen molar-refractivity contribution < 1.29 is 20.4 Å². The van der Waals surface area contributed by atoms with Crippen LogP contribution in [0.1, 0.15) is 0 Å². The quantitative estimate of drug-likeness (QED) is 0.547. The van der Waals surface area contributed by atoms with Gasteiger partial charge in [-0.15, -0.1) is 0 Å². The summed E-state index contributed by atoms with van der Waals surface area (Å²) in [6.45, 7) is 0. The molecule has 1 rings (SSSR count). The first-order valence-corrected chi connectivity index (χ1v) is 2.41. The van der Waals surface area contributed by atoms with E-state index in [2.05, 4.69) is 0 Å². The predicted octanol–water partition coefficient (Wildman–Crippen LogP) is 1.75. The second-order valence-corrected chi connectivity index (χ2v) is 1.61. The maximum atomic E-state index is 2.04. The van der Waals surface area contributed by atoms with E-state index in [1.807, 2.05) is 22.9 Å². The van der Waals surface area contributed by atoms with Gasteiger partial charge in [-0.2, -0.15) is 11.3 Å². The zero-order valence-electron chi connectivity index (χ0n) is 3.03. The minimum absolute atomic E-state index is 0. The van der Waals surface area contributed by atoms with Crippen molar-refractivity contribution >= 4 is 11.3 Å². The summed E-state index contributed by atoms with van der Waals surface area (Å²) in [4.78, 5) is 0. The molecule has 0 fully saturated rings. The summed E-state index contributed by atoms with van der Waals surface area (Å²) >= 11 is 1.71. The number of hydrogen-bond acceptors (Lipinski definition) is 1. The van der Waals surface area contributed by atoms with Gasteiger partial charge < -0.3 is 0 Å². The number of hydrogen-bond donors (Lipinski definition) is 0. The van der Waals surface area contributed by atoms with Crippen LogP contribution >= 0.6 is 11.3 Å². The van der Waals surface area contributed by atoms with E-state index in [-0.39, 0.29) is 20.4 Å². The van der Waals surface area contributed by atoms with E-state index in [0.717, 1.165) is 0 Å². The Hall–Kier alpha value is 0.362. The van der Waals surface area contributed by atoms with E-state index >= 15 is 0 Å². The second-order valence-electron chi connectivity index (χ2n) is 0.793. The molecule has 0 unspecified atom stereocenters. The normalized spacial score (nSPS) is 6.67. The van der Waals surface area contributed by atoms with Crippen LogP contribution in [-0.4, -0.2) is 0 Å². The third-order valence-electron chi connectivity index (χ3n) is 0.425. The van der Waals surface area contributed by atoms with Gasteiger partial charge in [0.1, 0.15) is 0 Å². The molecular weight excluding hydrogens is 187 g/mol. The molecule has 6 heavy (non-hydrogen) atoms. The van der Waals surface area contributed by atoms with Crippen LogP contribution in [0.2, 0.25) is 0 Å². The Morgan fingerprint density at radius 3 is 1.67 bits per heavy atom. The summed E-state index contributed by atoms with van der Waals surface area (Å²) < 4.78 is 0. The molecule has 0 aromatic carbocycles. The van der Waals surface area contributed by atoms with Gasteiger partial charge in [0.05, 0.1) is 0 Å². The van der Waals surface area contributed by atoms with Crippen LogP contribution in [0, 0.1) is 0 Å². The van der Waals surface area contributed by atoms with E-state index in [1.54, 1.807) is 11.3 Å². The minimum Gasteiger partial charge on any atom is -0.152 e. The molecule has 0 nitrogen and oxygen atoms in total. The maximum Gasteiger partial charge on any atom is 0 e. The van der Waals surface area contributed by atoms with Crippen molar-refractivity contribution in [2.24, 2.45) is 0 Å². The van der Waals surface area contributed by atoms with Gasteiger partial charge in [0.15, 0.2) is 0 Å². The van der Waals surface area contributed by atoms with Gasteiger partial charge in [0.2, 0.25) is 0 Å². The van der Waals surface area contributed by atoms with E-state index in [4.69, 9.17) is 0 Å². The van der Waals surface area contributed by atoms with E-state index in [9.17, 15) is 0 Å². The smallest absolute Gasteiger partial charge is 0 e. The Morgan fingerprint density at radius 2 is 1.50 bits per heavy atom. The zero-order chi connectivity index (χ0) is 3.54. The zero-order valence-corrected chi connectivity index (χ0v) is 5.40. The largest absolute Gasteiger partial charge is 0.152 e. The first-order chi connectivity index (χ1) is 2.50. The van der Waals surface area contributed by atoms with Crippen LogP contribution in [-0.2, 0) is 20.4 Å². The third-order valence-corrected chi connectivity index (χ3v) is 1.05. The molecular formula is C4H4PdS. The molecule has 0 spiro atoms. The Bertz CT molecular complexity index is 64.0. The maximum absolute atomic E-state index is 2.04. The van der Waals surface area contributed by atoms with Gasteiger partial charge in [0.25, 0.3) is 0 Å². The molecule has 0 bridgehead atoms. The Balaban J connectivity index is 0.000000250. The molecule has 0 aliphatic heterocycles. The summed E-state index contributed by atoms with van der Waals surface area (Å²) in [6, 6.07) is 4.04. The summed E-state index contributed by atoms with van der Waals surface area (Å²) in [6.07, 6.45) is 0. The molecule has 1 aromatic rings. The first-order valence-electron chi connectivity index (χ1n) is 1.47. The Labute approximate surface area is 54.9 Å². The molecule has 0 aliphatic carbocycles. The van der Waals surface area contributed by atoms with E-state index < -0.39 is 0 Å². The Kier molecular flexibility index (Phi) is 3.76. The van der Waals surface area contributed by atoms with Crippen LogP contribution < -0.4 is 0 Å². The average molecular weight is 191 g/mol. The van der Waals surface area contributed by atoms with E-state index in [1.165, 1.54) is 0 Å². The van der Waals surface area contributed by atoms with Crippen molar-refractivity contribution in [2.45, 2.75) is 0 Å². The summed E-state index contributed by atoms with van der Waals surface area (Å²) in [5.41, 5.74) is 0. The molecule has 0 amide bonds. The van der Waals surface area contributed by atoms with Crippen LogP contribution in [0.4, 0.5) is 0 Å². The van der Waals surface area contributed by atoms with Gasteiger partial charge >= 0.3 is 0 Å². The fourth-order valence-corrected chi connectivity index (χ4v) is 0.680. The molecule has 1 heterocycles. The topological polar surface area (TPSA) is 0 Å². The van der Waals surface area contributed by atoms with Gasteiger partial charge in [-0.25, -0.2) is 0 Å². The fraction of sp³-hybridized carbons (Fsp3) is 0. The van der Waals surface area contributed by atoms with Crippen LogP contribution in [0.5, 0.6) is 0 Å². The molecule has 0 radical (unpaired) electrons. The first kappa shape index (κ1) is 6.36. The summed E-state index contributed by atoms with van der Waals surface area (Å²) in [5, 5.41) is 4.08. The molecule has 36 valence electrons. The summed E-state index contributed by atoms with van der Waals surface area (Å²) in [7, 11) is 0. The van der Waals surface area contributed by atoms with Crippen molar-refractivity contribution in [2.75, 3.05) is 0 Å². The fourth-order valence-electron chi connectivity index (χ4n) is 0.227. The molecule has 0 saturated heterocycles. The van der Waals surface area contributed by atoms with E-state index in [0.29, 0.717) is 0 Å². The third kappa shape index (κ3) is 1.72. The second kappa shape index (κ2) is 3.55. The van der Waals surface area contributed by atoms with Crippen molar-refractivity contribution in [3.63, 3.8) is 0 Å². The standard InChI is InChI=1S/C4H4S.Pd/c1-2-4-5-3-1;/h1-4H;. The average Bonchev–Trinajstić information content (AvgIpc) is 1.76. The molecule has 0 saturated carbocycles. The molecule has 1 aromatic heterocycles. The number of thiophene rings is 1. The van der Waals surface area contributed by atoms with Crippen molar-refractivity contribution in [3.05, 3.63) is 22.9 Å². The van der Waals surface area contributed by atoms with Crippen LogP contribution in [0.3, 0.4) is 0 Å². The van der Waals surface area contributed by atoms with Crippen LogP contribution in [0.15, 0.2) is 22.9 Å². The van der Waals surface area contributed by atoms with Crippen molar-refractivity contribution in [1.29, 1.82) is 0 Å². The number of rotatable bonds is 0. The molecule has 0 atom stereocenters. The van der Waals surface area contributed by atoms with Gasteiger partial charge in [-0.3, -0.25) is 0 Å². The van der Waals surface area contributed by atoms with Crippen LogP contribution in [0.25, 0.3) is 0 Å². The van der Waals surface area contributed by atoms with Gasteiger partial charge in [-0.05, 0) is 10.8 Å². The SMILES string of the molecule is [Pd].c1ccsc1.